The molecule has 2 aliphatic heterocycles. The third kappa shape index (κ3) is 3.51. The second-order valence-electron chi connectivity index (χ2n) is 7.47. The van der Waals surface area contributed by atoms with Gasteiger partial charge in [-0.1, -0.05) is 18.2 Å². The molecule has 2 atom stereocenters. The molecule has 0 bridgehead atoms. The summed E-state index contributed by atoms with van der Waals surface area (Å²) in [5.74, 6) is 1.09. The second-order valence-corrected chi connectivity index (χ2v) is 7.47. The minimum Gasteiger partial charge on any atom is -0.460 e. The number of piperidine rings is 1. The van der Waals surface area contributed by atoms with Crippen molar-refractivity contribution in [2.45, 2.75) is 51.5 Å². The van der Waals surface area contributed by atoms with E-state index in [0.29, 0.717) is 18.2 Å². The van der Waals surface area contributed by atoms with E-state index in [1.807, 2.05) is 12.1 Å². The molecule has 0 radical (unpaired) electrons. The highest BCUT2D eigenvalue weighted by molar-refractivity contribution is 5.77. The molecule has 2 unspecified atom stereocenters. The van der Waals surface area contributed by atoms with E-state index in [1.54, 1.807) is 0 Å². The zero-order chi connectivity index (χ0) is 16.5. The average molecular weight is 328 g/mol. The van der Waals surface area contributed by atoms with Crippen LogP contribution in [0.15, 0.2) is 34.7 Å². The third-order valence-corrected chi connectivity index (χ3v) is 5.38. The highest BCUT2D eigenvalue weighted by atomic mass is 16.5. The van der Waals surface area contributed by atoms with E-state index < -0.39 is 0 Å². The molecule has 1 aromatic heterocycles. The summed E-state index contributed by atoms with van der Waals surface area (Å²) in [5.41, 5.74) is 0.999. The van der Waals surface area contributed by atoms with Gasteiger partial charge in [0, 0.05) is 37.6 Å². The fourth-order valence-corrected chi connectivity index (χ4v) is 4.29. The van der Waals surface area contributed by atoms with Crippen LogP contribution < -0.4 is 0 Å². The van der Waals surface area contributed by atoms with Crippen molar-refractivity contribution in [1.29, 1.82) is 0 Å². The van der Waals surface area contributed by atoms with Crippen LogP contribution in [0, 0.1) is 0 Å². The summed E-state index contributed by atoms with van der Waals surface area (Å²) in [5, 5.41) is 1.21. The van der Waals surface area contributed by atoms with Crippen LogP contribution in [-0.2, 0) is 11.3 Å². The topological polar surface area (TPSA) is 28.9 Å². The highest BCUT2D eigenvalue weighted by Gasteiger charge is 2.30. The van der Waals surface area contributed by atoms with Crippen molar-refractivity contribution in [3.8, 4) is 0 Å². The van der Waals surface area contributed by atoms with Gasteiger partial charge >= 0.3 is 0 Å². The van der Waals surface area contributed by atoms with Crippen LogP contribution in [0.4, 0.5) is 0 Å². The van der Waals surface area contributed by atoms with Gasteiger partial charge in [-0.15, -0.1) is 0 Å². The largest absolute Gasteiger partial charge is 0.460 e. The summed E-state index contributed by atoms with van der Waals surface area (Å²) in [6, 6.07) is 11.2. The second kappa shape index (κ2) is 6.87. The lowest BCUT2D eigenvalue weighted by molar-refractivity contribution is -0.0866. The number of ether oxygens (including phenoxy) is 1. The zero-order valence-electron chi connectivity index (χ0n) is 14.8. The Labute approximate surface area is 144 Å². The van der Waals surface area contributed by atoms with Crippen molar-refractivity contribution in [3.63, 3.8) is 0 Å². The molecule has 0 spiro atoms. The van der Waals surface area contributed by atoms with Gasteiger partial charge in [-0.25, -0.2) is 0 Å². The first kappa shape index (κ1) is 16.1. The van der Waals surface area contributed by atoms with Crippen LogP contribution in [0.3, 0.4) is 0 Å². The molecule has 0 saturated carbocycles. The molecule has 0 N–H and O–H groups in total. The lowest BCUT2D eigenvalue weighted by atomic mass is 10.0. The Morgan fingerprint density at radius 1 is 1.04 bits per heavy atom. The van der Waals surface area contributed by atoms with E-state index in [9.17, 15) is 0 Å². The van der Waals surface area contributed by atoms with Crippen LogP contribution in [0.1, 0.15) is 32.4 Å². The minimum atomic E-state index is 0.363. The van der Waals surface area contributed by atoms with Crippen LogP contribution in [0.2, 0.25) is 0 Å². The molecule has 1 aromatic carbocycles. The summed E-state index contributed by atoms with van der Waals surface area (Å²) >= 11 is 0. The molecule has 0 aliphatic carbocycles. The monoisotopic (exact) mass is 328 g/mol. The molecular formula is C20H28N2O2. The standard InChI is InChI=1S/C20H28N2O2/c1-15-12-22(13-16(2)23-15)18-7-9-21(10-8-18)14-19-11-17-5-3-4-6-20(17)24-19/h3-6,11,15-16,18H,7-10,12-14H2,1-2H3. The Hall–Kier alpha value is -1.36. The number of hydrogen-bond donors (Lipinski definition) is 0. The number of likely N-dealkylation sites (tertiary alicyclic amines) is 1. The molecule has 4 heteroatoms. The molecule has 2 aliphatic rings. The maximum atomic E-state index is 5.97. The van der Waals surface area contributed by atoms with Crippen molar-refractivity contribution in [1.82, 2.24) is 9.80 Å². The fraction of sp³-hybridized carbons (Fsp3) is 0.600. The number of nitrogens with zero attached hydrogens (tertiary/aromatic N) is 2. The van der Waals surface area contributed by atoms with E-state index in [-0.39, 0.29) is 0 Å². The highest BCUT2D eigenvalue weighted by Crippen LogP contribution is 2.24. The minimum absolute atomic E-state index is 0.363. The molecular weight excluding hydrogens is 300 g/mol. The molecule has 4 rings (SSSR count). The lowest BCUT2D eigenvalue weighted by Crippen LogP contribution is -2.53. The normalized spacial score (nSPS) is 27.8. The number of hydrogen-bond acceptors (Lipinski definition) is 4. The summed E-state index contributed by atoms with van der Waals surface area (Å²) in [7, 11) is 0. The number of fused-ring (bicyclic) bond motifs is 1. The molecule has 24 heavy (non-hydrogen) atoms. The third-order valence-electron chi connectivity index (χ3n) is 5.38. The van der Waals surface area contributed by atoms with Gasteiger partial charge in [0.25, 0.3) is 0 Å². The fourth-order valence-electron chi connectivity index (χ4n) is 4.29. The average Bonchev–Trinajstić information content (AvgIpc) is 2.97. The van der Waals surface area contributed by atoms with Gasteiger partial charge in [0.05, 0.1) is 18.8 Å². The molecule has 0 amide bonds. The zero-order valence-corrected chi connectivity index (χ0v) is 14.8. The van der Waals surface area contributed by atoms with Crippen LogP contribution in [0.25, 0.3) is 11.0 Å². The summed E-state index contributed by atoms with van der Waals surface area (Å²) in [6.07, 6.45) is 3.23. The predicted molar refractivity (Wildman–Crippen MR) is 96.1 cm³/mol. The molecule has 2 aromatic rings. The van der Waals surface area contributed by atoms with Gasteiger partial charge in [0.2, 0.25) is 0 Å². The Bertz CT molecular complexity index is 632. The van der Waals surface area contributed by atoms with E-state index in [0.717, 1.165) is 44.1 Å². The van der Waals surface area contributed by atoms with Crippen molar-refractivity contribution < 1.29 is 9.15 Å². The smallest absolute Gasteiger partial charge is 0.134 e. The van der Waals surface area contributed by atoms with E-state index in [2.05, 4.69) is 41.8 Å². The van der Waals surface area contributed by atoms with Crippen molar-refractivity contribution >= 4 is 11.0 Å². The Balaban J connectivity index is 1.32. The first-order valence-electron chi connectivity index (χ1n) is 9.26. The maximum absolute atomic E-state index is 5.97. The van der Waals surface area contributed by atoms with Crippen molar-refractivity contribution in [2.75, 3.05) is 26.2 Å². The van der Waals surface area contributed by atoms with Gasteiger partial charge in [-0.2, -0.15) is 0 Å². The quantitative estimate of drug-likeness (QED) is 0.862. The SMILES string of the molecule is CC1CN(C2CCN(Cc3cc4ccccc4o3)CC2)CC(C)O1. The molecule has 130 valence electrons. The van der Waals surface area contributed by atoms with E-state index in [1.165, 1.54) is 18.2 Å². The summed E-state index contributed by atoms with van der Waals surface area (Å²) in [6.45, 7) is 9.79. The van der Waals surface area contributed by atoms with Gasteiger partial charge in [0.15, 0.2) is 0 Å². The predicted octanol–water partition coefficient (Wildman–Crippen LogP) is 3.51. The van der Waals surface area contributed by atoms with Crippen LogP contribution >= 0.6 is 0 Å². The molecule has 2 fully saturated rings. The molecule has 4 nitrogen and oxygen atoms in total. The van der Waals surface area contributed by atoms with E-state index in [4.69, 9.17) is 9.15 Å². The molecule has 3 heterocycles. The lowest BCUT2D eigenvalue weighted by Gasteiger charge is -2.43. The van der Waals surface area contributed by atoms with Crippen LogP contribution in [-0.4, -0.2) is 54.2 Å². The number of morpholine rings is 1. The maximum Gasteiger partial charge on any atom is 0.134 e. The summed E-state index contributed by atoms with van der Waals surface area (Å²) in [4.78, 5) is 5.18. The summed E-state index contributed by atoms with van der Waals surface area (Å²) < 4.78 is 11.8. The number of para-hydroxylation sites is 1. The Kier molecular flexibility index (Phi) is 4.61. The van der Waals surface area contributed by atoms with Gasteiger partial charge in [-0.05, 0) is 38.8 Å². The number of furan rings is 1. The first-order chi connectivity index (χ1) is 11.7. The van der Waals surface area contributed by atoms with Gasteiger partial charge < -0.3 is 9.15 Å². The first-order valence-corrected chi connectivity index (χ1v) is 9.26. The number of benzene rings is 1. The van der Waals surface area contributed by atoms with Gasteiger partial charge in [0.1, 0.15) is 11.3 Å². The number of rotatable bonds is 3. The Morgan fingerprint density at radius 3 is 2.46 bits per heavy atom. The van der Waals surface area contributed by atoms with Crippen molar-refractivity contribution in [3.05, 3.63) is 36.1 Å². The van der Waals surface area contributed by atoms with Gasteiger partial charge in [-0.3, -0.25) is 9.80 Å². The van der Waals surface area contributed by atoms with Crippen LogP contribution in [0.5, 0.6) is 0 Å². The Morgan fingerprint density at radius 2 is 1.75 bits per heavy atom. The molecule has 2 saturated heterocycles. The van der Waals surface area contributed by atoms with Crippen molar-refractivity contribution in [2.24, 2.45) is 0 Å². The van der Waals surface area contributed by atoms with E-state index >= 15 is 0 Å².